The van der Waals surface area contributed by atoms with Crippen molar-refractivity contribution in [1.82, 2.24) is 9.88 Å². The lowest BCUT2D eigenvalue weighted by Crippen LogP contribution is -2.60. The summed E-state index contributed by atoms with van der Waals surface area (Å²) in [4.78, 5) is 32.0. The molecule has 2 aliphatic heterocycles. The van der Waals surface area contributed by atoms with Crippen LogP contribution in [0.1, 0.15) is 45.8 Å². The number of morpholine rings is 1. The third-order valence-corrected chi connectivity index (χ3v) is 8.07. The van der Waals surface area contributed by atoms with E-state index in [4.69, 9.17) is 14.2 Å². The van der Waals surface area contributed by atoms with E-state index in [2.05, 4.69) is 17.1 Å². The molecule has 2 fully saturated rings. The van der Waals surface area contributed by atoms with Crippen molar-refractivity contribution >= 4 is 11.9 Å². The number of benzene rings is 2. The van der Waals surface area contributed by atoms with Gasteiger partial charge in [0.05, 0.1) is 32.4 Å². The minimum Gasteiger partial charge on any atom is -0.481 e. The molecular formula is C30H27F3N2O5. The first-order chi connectivity index (χ1) is 19.3. The maximum atomic E-state index is 13.5. The summed E-state index contributed by atoms with van der Waals surface area (Å²) in [6.07, 6.45) is -3.57. The number of amides is 1. The summed E-state index contributed by atoms with van der Waals surface area (Å²) in [5, 5.41) is 0. The van der Waals surface area contributed by atoms with Gasteiger partial charge in [-0.25, -0.2) is 9.78 Å². The van der Waals surface area contributed by atoms with E-state index in [1.807, 2.05) is 36.4 Å². The van der Waals surface area contributed by atoms with E-state index in [1.165, 1.54) is 0 Å². The Kier molecular flexibility index (Phi) is 6.74. The second-order valence-corrected chi connectivity index (χ2v) is 10.4. The van der Waals surface area contributed by atoms with Crippen LogP contribution in [0.2, 0.25) is 0 Å². The molecule has 0 radical (unpaired) electrons. The fourth-order valence-corrected chi connectivity index (χ4v) is 6.28. The molecule has 1 aliphatic carbocycles. The molecule has 1 aromatic heterocycles. The number of hydrogen-bond donors (Lipinski definition) is 0. The topological polar surface area (TPSA) is 78.0 Å². The lowest BCUT2D eigenvalue weighted by Gasteiger charge is -2.47. The van der Waals surface area contributed by atoms with Gasteiger partial charge in [0, 0.05) is 23.6 Å². The molecular weight excluding hydrogens is 525 g/mol. The van der Waals surface area contributed by atoms with Gasteiger partial charge in [-0.1, -0.05) is 48.5 Å². The average molecular weight is 553 g/mol. The Morgan fingerprint density at radius 1 is 1.00 bits per heavy atom. The molecule has 3 aliphatic rings. The first kappa shape index (κ1) is 26.3. The van der Waals surface area contributed by atoms with Crippen LogP contribution in [0.5, 0.6) is 5.88 Å². The second-order valence-electron chi connectivity index (χ2n) is 10.4. The summed E-state index contributed by atoms with van der Waals surface area (Å²) in [5.74, 6) is -1.69. The van der Waals surface area contributed by atoms with Crippen molar-refractivity contribution in [1.29, 1.82) is 0 Å². The van der Waals surface area contributed by atoms with Crippen molar-refractivity contribution in [2.75, 3.05) is 26.9 Å². The Hall–Kier alpha value is -3.92. The summed E-state index contributed by atoms with van der Waals surface area (Å²) in [6, 6.07) is 16.1. The number of fused-ring (bicyclic) bond motifs is 5. The summed E-state index contributed by atoms with van der Waals surface area (Å²) in [7, 11) is 1.10. The van der Waals surface area contributed by atoms with E-state index < -0.39 is 47.5 Å². The van der Waals surface area contributed by atoms with Crippen LogP contribution in [-0.2, 0) is 15.7 Å². The van der Waals surface area contributed by atoms with Gasteiger partial charge in [0.2, 0.25) is 5.88 Å². The van der Waals surface area contributed by atoms with Crippen molar-refractivity contribution in [3.63, 3.8) is 0 Å². The first-order valence-electron chi connectivity index (χ1n) is 13.1. The number of hydrogen-bond acceptors (Lipinski definition) is 6. The molecule has 3 heterocycles. The minimum atomic E-state index is -4.72. The Morgan fingerprint density at radius 2 is 1.60 bits per heavy atom. The summed E-state index contributed by atoms with van der Waals surface area (Å²) < 4.78 is 56.8. The second kappa shape index (κ2) is 10.2. The van der Waals surface area contributed by atoms with Crippen molar-refractivity contribution < 1.29 is 37.0 Å². The van der Waals surface area contributed by atoms with Crippen molar-refractivity contribution in [2.45, 2.75) is 37.0 Å². The van der Waals surface area contributed by atoms with Crippen molar-refractivity contribution in [2.24, 2.45) is 5.92 Å². The fourth-order valence-electron chi connectivity index (χ4n) is 6.28. The number of nitrogens with zero attached hydrogens (tertiary/aromatic N) is 2. The molecule has 2 saturated heterocycles. The average Bonchev–Trinajstić information content (AvgIpc) is 3.27. The Labute approximate surface area is 228 Å². The number of ketones is 1. The lowest BCUT2D eigenvalue weighted by molar-refractivity contribution is -0.139. The normalized spacial score (nSPS) is 21.9. The van der Waals surface area contributed by atoms with Gasteiger partial charge in [0.15, 0.2) is 5.78 Å². The van der Waals surface area contributed by atoms with Gasteiger partial charge >= 0.3 is 12.3 Å². The number of methoxy groups -OCH3 is 1. The number of pyridine rings is 1. The van der Waals surface area contributed by atoms with Gasteiger partial charge in [-0.3, -0.25) is 9.69 Å². The van der Waals surface area contributed by atoms with Crippen LogP contribution in [0.15, 0.2) is 60.8 Å². The highest BCUT2D eigenvalue weighted by Gasteiger charge is 2.45. The van der Waals surface area contributed by atoms with E-state index in [1.54, 1.807) is 4.90 Å². The van der Waals surface area contributed by atoms with Crippen molar-refractivity contribution in [3.8, 4) is 17.0 Å². The van der Waals surface area contributed by atoms with E-state index in [0.29, 0.717) is 0 Å². The zero-order valence-electron chi connectivity index (χ0n) is 21.7. The number of piperidine rings is 1. The maximum absolute atomic E-state index is 13.5. The zero-order valence-corrected chi connectivity index (χ0v) is 21.7. The number of carbonyl (C=O) groups excluding carboxylic acids is 2. The Balaban J connectivity index is 1.16. The maximum Gasteiger partial charge on any atom is 0.421 e. The molecule has 0 saturated carbocycles. The number of alkyl halides is 3. The standard InChI is InChI=1S/C30H27F3N2O5/c1-38-28-26(30(31,32)33)12-18(13-34-28)27(36)17-10-19-14-39-15-20(11-17)35(19)29(37)40-16-25-23-8-4-2-6-21(23)22-7-3-5-9-24(22)25/h2-9,12-13,17,19-20,25H,10-11,14-16H2,1H3. The third-order valence-electron chi connectivity index (χ3n) is 8.07. The number of halogens is 3. The monoisotopic (exact) mass is 552 g/mol. The molecule has 7 nitrogen and oxygen atoms in total. The third kappa shape index (κ3) is 4.60. The fraction of sp³-hybridized carbons (Fsp3) is 0.367. The largest absolute Gasteiger partial charge is 0.481 e. The number of ether oxygens (including phenoxy) is 3. The van der Waals surface area contributed by atoms with E-state index >= 15 is 0 Å². The van der Waals surface area contributed by atoms with Gasteiger partial charge in [0.1, 0.15) is 12.2 Å². The minimum absolute atomic E-state index is 0.0862. The molecule has 6 rings (SSSR count). The molecule has 208 valence electrons. The van der Waals surface area contributed by atoms with Gasteiger partial charge in [-0.15, -0.1) is 0 Å². The highest BCUT2D eigenvalue weighted by molar-refractivity contribution is 5.98. The first-order valence-corrected chi connectivity index (χ1v) is 13.1. The van der Waals surface area contributed by atoms with Crippen LogP contribution in [-0.4, -0.2) is 60.8 Å². The van der Waals surface area contributed by atoms with Crippen LogP contribution in [0.25, 0.3) is 11.1 Å². The number of Topliss-reactive ketones (excluding diaryl/α,β-unsaturated/α-hetero) is 1. The molecule has 3 aromatic rings. The van der Waals surface area contributed by atoms with E-state index in [0.717, 1.165) is 41.6 Å². The van der Waals surface area contributed by atoms with Gasteiger partial charge in [-0.05, 0) is 41.2 Å². The van der Waals surface area contributed by atoms with Crippen LogP contribution in [0.4, 0.5) is 18.0 Å². The SMILES string of the molecule is COc1ncc(C(=O)C2CC3COCC(C2)N3C(=O)OCC2c3ccccc3-c3ccccc32)cc1C(F)(F)F. The summed E-state index contributed by atoms with van der Waals surface area (Å²) >= 11 is 0. The molecule has 0 N–H and O–H groups in total. The molecule has 0 spiro atoms. The quantitative estimate of drug-likeness (QED) is 0.377. The molecule has 2 unspecified atom stereocenters. The Bertz CT molecular complexity index is 1400. The number of aromatic nitrogens is 1. The van der Waals surface area contributed by atoms with Crippen molar-refractivity contribution in [3.05, 3.63) is 83.0 Å². The Morgan fingerprint density at radius 3 is 2.17 bits per heavy atom. The molecule has 2 atom stereocenters. The lowest BCUT2D eigenvalue weighted by atomic mass is 9.81. The predicted octanol–water partition coefficient (Wildman–Crippen LogP) is 5.72. The summed E-state index contributed by atoms with van der Waals surface area (Å²) in [5.41, 5.74) is 3.24. The summed E-state index contributed by atoms with van der Waals surface area (Å²) in [6.45, 7) is 0.613. The zero-order chi connectivity index (χ0) is 28.0. The molecule has 1 amide bonds. The molecule has 2 aromatic carbocycles. The number of carbonyl (C=O) groups is 2. The highest BCUT2D eigenvalue weighted by atomic mass is 19.4. The van der Waals surface area contributed by atoms with E-state index in [9.17, 15) is 22.8 Å². The van der Waals surface area contributed by atoms with Gasteiger partial charge in [-0.2, -0.15) is 13.2 Å². The molecule has 2 bridgehead atoms. The van der Waals surface area contributed by atoms with Crippen LogP contribution in [0.3, 0.4) is 0 Å². The highest BCUT2D eigenvalue weighted by Crippen LogP contribution is 2.45. The smallest absolute Gasteiger partial charge is 0.421 e. The van der Waals surface area contributed by atoms with Crippen LogP contribution >= 0.6 is 0 Å². The number of rotatable bonds is 5. The predicted molar refractivity (Wildman–Crippen MR) is 138 cm³/mol. The van der Waals surface area contributed by atoms with Gasteiger partial charge in [0.25, 0.3) is 0 Å². The molecule has 10 heteroatoms. The van der Waals surface area contributed by atoms with Crippen LogP contribution in [0, 0.1) is 5.92 Å². The van der Waals surface area contributed by atoms with Gasteiger partial charge < -0.3 is 14.2 Å². The van der Waals surface area contributed by atoms with Crippen LogP contribution < -0.4 is 4.74 Å². The molecule has 40 heavy (non-hydrogen) atoms. The van der Waals surface area contributed by atoms with E-state index in [-0.39, 0.29) is 44.1 Å².